The van der Waals surface area contributed by atoms with Gasteiger partial charge in [0.15, 0.2) is 0 Å². The van der Waals surface area contributed by atoms with Crippen LogP contribution in [0, 0.1) is 13.8 Å². The predicted octanol–water partition coefficient (Wildman–Crippen LogP) is 4.76. The molecule has 0 bridgehead atoms. The molecule has 2 N–H and O–H groups in total. The van der Waals surface area contributed by atoms with Crippen LogP contribution in [0.3, 0.4) is 0 Å². The number of benzene rings is 2. The minimum Gasteiger partial charge on any atom is -0.464 e. The molecule has 146 valence electrons. The number of carbonyl (C=O) groups excluding carboxylic acids is 2. The number of hydrogen-bond acceptors (Lipinski definition) is 3. The number of amides is 2. The van der Waals surface area contributed by atoms with Gasteiger partial charge in [-0.1, -0.05) is 12.1 Å². The molecule has 0 saturated heterocycles. The third-order valence-electron chi connectivity index (χ3n) is 4.61. The highest BCUT2D eigenvalue weighted by molar-refractivity contribution is 5.97. The van der Waals surface area contributed by atoms with Crippen LogP contribution in [-0.4, -0.2) is 17.4 Å². The molecule has 5 nitrogen and oxygen atoms in total. The molecule has 0 atom stereocenters. The molecule has 0 radical (unpaired) electrons. The highest BCUT2D eigenvalue weighted by atomic mass is 16.3. The predicted molar refractivity (Wildman–Crippen MR) is 112 cm³/mol. The number of fused-ring (bicyclic) bond motifs is 1. The van der Waals surface area contributed by atoms with Crippen molar-refractivity contribution in [1.29, 1.82) is 0 Å². The smallest absolute Gasteiger partial charge is 0.251 e. The zero-order valence-electron chi connectivity index (χ0n) is 17.0. The summed E-state index contributed by atoms with van der Waals surface area (Å²) in [5, 5.41) is 6.75. The van der Waals surface area contributed by atoms with Gasteiger partial charge in [0, 0.05) is 27.7 Å². The van der Waals surface area contributed by atoms with Crippen molar-refractivity contribution in [2.75, 3.05) is 5.32 Å². The molecule has 2 aromatic carbocycles. The Morgan fingerprint density at radius 1 is 1.00 bits per heavy atom. The largest absolute Gasteiger partial charge is 0.464 e. The van der Waals surface area contributed by atoms with Gasteiger partial charge in [-0.2, -0.15) is 0 Å². The molecule has 1 heterocycles. The van der Waals surface area contributed by atoms with E-state index in [1.807, 2.05) is 46.8 Å². The van der Waals surface area contributed by atoms with Gasteiger partial charge in [-0.3, -0.25) is 9.59 Å². The molecule has 5 heteroatoms. The van der Waals surface area contributed by atoms with E-state index in [9.17, 15) is 9.59 Å². The molecular weight excluding hydrogens is 352 g/mol. The fourth-order valence-corrected chi connectivity index (χ4v) is 3.02. The second-order valence-electron chi connectivity index (χ2n) is 8.15. The molecule has 0 saturated carbocycles. The highest BCUT2D eigenvalue weighted by Gasteiger charge is 2.16. The molecule has 0 aliphatic rings. The first-order chi connectivity index (χ1) is 13.1. The van der Waals surface area contributed by atoms with Crippen LogP contribution in [0.5, 0.6) is 0 Å². The number of hydrogen-bond donors (Lipinski definition) is 2. The average molecular weight is 378 g/mol. The zero-order chi connectivity index (χ0) is 20.5. The summed E-state index contributed by atoms with van der Waals surface area (Å²) in [5.74, 6) is -0.270. The van der Waals surface area contributed by atoms with Crippen molar-refractivity contribution in [3.8, 4) is 0 Å². The Morgan fingerprint density at radius 3 is 2.32 bits per heavy atom. The summed E-state index contributed by atoms with van der Waals surface area (Å²) in [5.41, 5.74) is 4.85. The van der Waals surface area contributed by atoms with Crippen LogP contribution in [0.25, 0.3) is 11.0 Å². The Morgan fingerprint density at radius 2 is 1.68 bits per heavy atom. The van der Waals surface area contributed by atoms with Gasteiger partial charge >= 0.3 is 0 Å². The number of nitrogens with one attached hydrogen (secondary N) is 2. The monoisotopic (exact) mass is 378 g/mol. The topological polar surface area (TPSA) is 71.3 Å². The second kappa shape index (κ2) is 7.50. The first-order valence-corrected chi connectivity index (χ1v) is 9.33. The van der Waals surface area contributed by atoms with Crippen molar-refractivity contribution in [2.45, 2.75) is 46.6 Å². The molecule has 0 aliphatic carbocycles. The van der Waals surface area contributed by atoms with Gasteiger partial charge in [-0.25, -0.2) is 0 Å². The van der Waals surface area contributed by atoms with Crippen LogP contribution in [0.15, 0.2) is 47.1 Å². The van der Waals surface area contributed by atoms with Crippen molar-refractivity contribution in [3.05, 3.63) is 64.9 Å². The second-order valence-corrected chi connectivity index (χ2v) is 8.15. The first kappa shape index (κ1) is 19.7. The van der Waals surface area contributed by atoms with E-state index in [1.165, 1.54) is 0 Å². The fraction of sp³-hybridized carbons (Fsp3) is 0.304. The third-order valence-corrected chi connectivity index (χ3v) is 4.61. The minimum absolute atomic E-state index is 0.132. The maximum Gasteiger partial charge on any atom is 0.251 e. The Hall–Kier alpha value is -3.08. The molecule has 0 aliphatic heterocycles. The van der Waals surface area contributed by atoms with Gasteiger partial charge < -0.3 is 15.1 Å². The molecular formula is C23H26N2O3. The molecule has 28 heavy (non-hydrogen) atoms. The Bertz CT molecular complexity index is 1020. The van der Waals surface area contributed by atoms with Crippen molar-refractivity contribution in [1.82, 2.24) is 5.32 Å². The van der Waals surface area contributed by atoms with E-state index in [-0.39, 0.29) is 23.8 Å². The quantitative estimate of drug-likeness (QED) is 0.688. The normalized spacial score (nSPS) is 11.5. The molecule has 1 aromatic heterocycles. The lowest BCUT2D eigenvalue weighted by atomic mass is 10.0. The molecule has 3 aromatic rings. The summed E-state index contributed by atoms with van der Waals surface area (Å²) < 4.78 is 5.67. The zero-order valence-corrected chi connectivity index (χ0v) is 17.0. The Balaban J connectivity index is 1.67. The van der Waals surface area contributed by atoms with E-state index in [2.05, 4.69) is 10.6 Å². The minimum atomic E-state index is -0.297. The van der Waals surface area contributed by atoms with Crippen molar-refractivity contribution in [2.24, 2.45) is 0 Å². The molecule has 0 unspecified atom stereocenters. The van der Waals surface area contributed by atoms with Gasteiger partial charge in [-0.05, 0) is 70.0 Å². The lowest BCUT2D eigenvalue weighted by Crippen LogP contribution is -2.40. The summed E-state index contributed by atoms with van der Waals surface area (Å²) in [6.07, 6.45) is 1.87. The van der Waals surface area contributed by atoms with Crippen LogP contribution in [0.2, 0.25) is 0 Å². The highest BCUT2D eigenvalue weighted by Crippen LogP contribution is 2.27. The number of anilines is 1. The molecule has 0 fully saturated rings. The summed E-state index contributed by atoms with van der Waals surface area (Å²) >= 11 is 0. The van der Waals surface area contributed by atoms with Crippen molar-refractivity contribution in [3.63, 3.8) is 0 Å². The van der Waals surface area contributed by atoms with Crippen LogP contribution in [-0.2, 0) is 11.2 Å². The summed E-state index contributed by atoms with van der Waals surface area (Å²) in [6, 6.07) is 10.9. The number of rotatable bonds is 4. The van der Waals surface area contributed by atoms with Crippen LogP contribution >= 0.6 is 0 Å². The van der Waals surface area contributed by atoms with E-state index in [0.29, 0.717) is 11.3 Å². The van der Waals surface area contributed by atoms with Crippen LogP contribution < -0.4 is 10.6 Å². The average Bonchev–Trinajstić information content (AvgIpc) is 3.00. The number of carbonyl (C=O) groups is 2. The van der Waals surface area contributed by atoms with E-state index in [1.54, 1.807) is 30.5 Å². The number of aryl methyl sites for hydroxylation is 2. The summed E-state index contributed by atoms with van der Waals surface area (Å²) in [7, 11) is 0. The lowest BCUT2D eigenvalue weighted by Gasteiger charge is -2.20. The van der Waals surface area contributed by atoms with E-state index in [0.717, 1.165) is 27.7 Å². The summed E-state index contributed by atoms with van der Waals surface area (Å²) in [4.78, 5) is 24.6. The van der Waals surface area contributed by atoms with Crippen LogP contribution in [0.1, 0.15) is 47.8 Å². The van der Waals surface area contributed by atoms with Crippen molar-refractivity contribution < 1.29 is 14.0 Å². The summed E-state index contributed by atoms with van der Waals surface area (Å²) in [6.45, 7) is 9.85. The Labute approximate surface area is 165 Å². The van der Waals surface area contributed by atoms with Gasteiger partial charge in [0.2, 0.25) is 5.91 Å². The van der Waals surface area contributed by atoms with E-state index >= 15 is 0 Å². The van der Waals surface area contributed by atoms with E-state index in [4.69, 9.17) is 4.42 Å². The third kappa shape index (κ3) is 4.42. The fourth-order valence-electron chi connectivity index (χ4n) is 3.02. The van der Waals surface area contributed by atoms with Gasteiger partial charge in [0.1, 0.15) is 5.58 Å². The first-order valence-electron chi connectivity index (χ1n) is 9.33. The maximum absolute atomic E-state index is 12.4. The van der Waals surface area contributed by atoms with Gasteiger partial charge in [0.25, 0.3) is 5.91 Å². The van der Waals surface area contributed by atoms with Gasteiger partial charge in [0.05, 0.1) is 12.7 Å². The van der Waals surface area contributed by atoms with Crippen LogP contribution in [0.4, 0.5) is 5.69 Å². The molecule has 2 amide bonds. The molecule has 3 rings (SSSR count). The standard InChI is InChI=1S/C23H26N2O3/c1-14-6-11-19-17(13-28-21(19)15(14)2)12-20(26)24-18-9-7-16(8-10-18)22(27)25-23(3,4)5/h6-11,13H,12H2,1-5H3,(H,24,26)(H,25,27). The van der Waals surface area contributed by atoms with Crippen molar-refractivity contribution >= 4 is 28.5 Å². The molecule has 0 spiro atoms. The van der Waals surface area contributed by atoms with Gasteiger partial charge in [-0.15, -0.1) is 0 Å². The lowest BCUT2D eigenvalue weighted by molar-refractivity contribution is -0.115. The maximum atomic E-state index is 12.4. The van der Waals surface area contributed by atoms with E-state index < -0.39 is 0 Å². The SMILES string of the molecule is Cc1ccc2c(CC(=O)Nc3ccc(C(=O)NC(C)(C)C)cc3)coc2c1C. The number of furan rings is 1. The Kier molecular flexibility index (Phi) is 5.27.